The lowest BCUT2D eigenvalue weighted by Crippen LogP contribution is -2.11. The summed E-state index contributed by atoms with van der Waals surface area (Å²) in [6.45, 7) is 6.19. The molecule has 1 aromatic rings. The van der Waals surface area contributed by atoms with E-state index in [1.165, 1.54) is 11.5 Å². The van der Waals surface area contributed by atoms with Crippen molar-refractivity contribution < 1.29 is 9.90 Å². The van der Waals surface area contributed by atoms with E-state index in [0.717, 1.165) is 10.6 Å². The zero-order valence-electron chi connectivity index (χ0n) is 8.00. The molecule has 3 nitrogen and oxygen atoms in total. The second-order valence-electron chi connectivity index (χ2n) is 4.00. The lowest BCUT2D eigenvalue weighted by atomic mass is 9.92. The van der Waals surface area contributed by atoms with Gasteiger partial charge in [0.15, 0.2) is 0 Å². The van der Waals surface area contributed by atoms with Crippen LogP contribution in [0.4, 0.5) is 0 Å². The summed E-state index contributed by atoms with van der Waals surface area (Å²) in [5, 5.41) is 8.56. The van der Waals surface area contributed by atoms with Gasteiger partial charge in [-0.05, 0) is 17.6 Å². The first-order chi connectivity index (χ1) is 5.89. The zero-order valence-corrected chi connectivity index (χ0v) is 8.81. The molecule has 72 valence electrons. The maximum Gasteiger partial charge on any atom is 0.308 e. The van der Waals surface area contributed by atoms with Gasteiger partial charge < -0.3 is 5.11 Å². The normalized spacial score (nSPS) is 11.6. The molecule has 0 atom stereocenters. The van der Waals surface area contributed by atoms with Crippen molar-refractivity contribution in [3.05, 3.63) is 16.6 Å². The van der Waals surface area contributed by atoms with Crippen molar-refractivity contribution in [1.29, 1.82) is 0 Å². The molecule has 0 radical (unpaired) electrons. The Morgan fingerprint density at radius 2 is 2.23 bits per heavy atom. The summed E-state index contributed by atoms with van der Waals surface area (Å²) in [4.78, 5) is 11.2. The summed E-state index contributed by atoms with van der Waals surface area (Å²) >= 11 is 1.27. The summed E-state index contributed by atoms with van der Waals surface area (Å²) in [6.07, 6.45) is 0.0771. The largest absolute Gasteiger partial charge is 0.481 e. The molecule has 0 aliphatic heterocycles. The third kappa shape index (κ3) is 2.81. The van der Waals surface area contributed by atoms with E-state index in [1.54, 1.807) is 0 Å². The lowest BCUT2D eigenvalue weighted by molar-refractivity contribution is -0.136. The third-order valence-electron chi connectivity index (χ3n) is 1.65. The van der Waals surface area contributed by atoms with Crippen molar-refractivity contribution >= 4 is 17.5 Å². The first-order valence-electron chi connectivity index (χ1n) is 4.07. The van der Waals surface area contributed by atoms with Gasteiger partial charge in [0.1, 0.15) is 0 Å². The number of aliphatic carboxylic acids is 1. The number of aromatic nitrogens is 1. The Bertz CT molecular complexity index is 312. The van der Waals surface area contributed by atoms with Crippen LogP contribution in [0.15, 0.2) is 6.07 Å². The van der Waals surface area contributed by atoms with Crippen LogP contribution in [-0.2, 0) is 16.6 Å². The Hall–Kier alpha value is -0.900. The van der Waals surface area contributed by atoms with Crippen LogP contribution in [0.25, 0.3) is 0 Å². The van der Waals surface area contributed by atoms with Gasteiger partial charge in [-0.25, -0.2) is 0 Å². The van der Waals surface area contributed by atoms with Gasteiger partial charge in [0.25, 0.3) is 0 Å². The summed E-state index contributed by atoms with van der Waals surface area (Å²) in [5.41, 5.74) is 0.974. The molecule has 0 aromatic carbocycles. The van der Waals surface area contributed by atoms with Crippen molar-refractivity contribution in [1.82, 2.24) is 4.37 Å². The molecule has 1 heterocycles. The molecular weight excluding hydrogens is 186 g/mol. The number of rotatable bonds is 2. The molecule has 0 aliphatic rings. The van der Waals surface area contributed by atoms with Crippen LogP contribution in [0.2, 0.25) is 0 Å². The average molecular weight is 199 g/mol. The zero-order chi connectivity index (χ0) is 10.1. The third-order valence-corrected chi connectivity index (χ3v) is 2.44. The first kappa shape index (κ1) is 10.2. The molecule has 1 N–H and O–H groups in total. The predicted molar refractivity (Wildman–Crippen MR) is 52.2 cm³/mol. The van der Waals surface area contributed by atoms with Crippen molar-refractivity contribution in [3.63, 3.8) is 0 Å². The van der Waals surface area contributed by atoms with Gasteiger partial charge in [-0.1, -0.05) is 20.8 Å². The first-order valence-corrected chi connectivity index (χ1v) is 4.85. The fourth-order valence-corrected chi connectivity index (χ4v) is 1.79. The van der Waals surface area contributed by atoms with Gasteiger partial charge in [-0.15, -0.1) is 0 Å². The number of carboxylic acids is 1. The minimum Gasteiger partial charge on any atom is -0.481 e. The molecule has 1 aromatic heterocycles. The number of nitrogens with zero attached hydrogens (tertiary/aromatic N) is 1. The van der Waals surface area contributed by atoms with Gasteiger partial charge in [0.2, 0.25) is 0 Å². The number of carboxylic acid groups (broad SMARTS) is 1. The van der Waals surface area contributed by atoms with Gasteiger partial charge in [-0.3, -0.25) is 4.79 Å². The molecule has 0 spiro atoms. The standard InChI is InChI=1S/C9H13NO2S/c1-9(2,3)7-4-6(13-10-7)5-8(11)12/h4H,5H2,1-3H3,(H,11,12). The van der Waals surface area contributed by atoms with E-state index in [2.05, 4.69) is 25.1 Å². The lowest BCUT2D eigenvalue weighted by Gasteiger charge is -2.13. The molecular formula is C9H13NO2S. The predicted octanol–water partition coefficient (Wildman–Crippen LogP) is 2.07. The SMILES string of the molecule is CC(C)(C)c1cc(CC(=O)O)sn1. The van der Waals surface area contributed by atoms with Gasteiger partial charge >= 0.3 is 5.97 Å². The summed E-state index contributed by atoms with van der Waals surface area (Å²) in [6, 6.07) is 1.87. The molecule has 0 bridgehead atoms. The van der Waals surface area contributed by atoms with E-state index in [0.29, 0.717) is 0 Å². The maximum absolute atomic E-state index is 10.4. The molecule has 0 saturated carbocycles. The monoisotopic (exact) mass is 199 g/mol. The van der Waals surface area contributed by atoms with E-state index in [4.69, 9.17) is 5.11 Å². The Morgan fingerprint density at radius 3 is 2.62 bits per heavy atom. The fraction of sp³-hybridized carbons (Fsp3) is 0.556. The second-order valence-corrected chi connectivity index (χ2v) is 4.89. The molecule has 0 fully saturated rings. The molecule has 0 aliphatic carbocycles. The summed E-state index contributed by atoms with van der Waals surface area (Å²) in [7, 11) is 0. The van der Waals surface area contributed by atoms with Crippen molar-refractivity contribution in [2.45, 2.75) is 32.6 Å². The quantitative estimate of drug-likeness (QED) is 0.793. The minimum atomic E-state index is -0.802. The highest BCUT2D eigenvalue weighted by Gasteiger charge is 2.17. The van der Waals surface area contributed by atoms with E-state index in [-0.39, 0.29) is 11.8 Å². The minimum absolute atomic E-state index is 0.00720. The number of hydrogen-bond donors (Lipinski definition) is 1. The molecule has 0 unspecified atom stereocenters. The van der Waals surface area contributed by atoms with E-state index in [9.17, 15) is 4.79 Å². The highest BCUT2D eigenvalue weighted by molar-refractivity contribution is 7.05. The number of carbonyl (C=O) groups is 1. The molecule has 0 amide bonds. The van der Waals surface area contributed by atoms with Crippen LogP contribution in [0.3, 0.4) is 0 Å². The van der Waals surface area contributed by atoms with Crippen LogP contribution in [0, 0.1) is 0 Å². The van der Waals surface area contributed by atoms with Crippen molar-refractivity contribution in [2.75, 3.05) is 0 Å². The van der Waals surface area contributed by atoms with Crippen LogP contribution in [0.1, 0.15) is 31.3 Å². The molecule has 0 saturated heterocycles. The van der Waals surface area contributed by atoms with Crippen LogP contribution in [-0.4, -0.2) is 15.4 Å². The van der Waals surface area contributed by atoms with Gasteiger partial charge in [-0.2, -0.15) is 4.37 Å². The van der Waals surface area contributed by atoms with Crippen molar-refractivity contribution in [2.24, 2.45) is 0 Å². The van der Waals surface area contributed by atoms with Crippen LogP contribution >= 0.6 is 11.5 Å². The van der Waals surface area contributed by atoms with E-state index >= 15 is 0 Å². The van der Waals surface area contributed by atoms with Crippen molar-refractivity contribution in [3.8, 4) is 0 Å². The van der Waals surface area contributed by atoms with Crippen LogP contribution in [0.5, 0.6) is 0 Å². The highest BCUT2D eigenvalue weighted by Crippen LogP contribution is 2.23. The Labute approximate surface area is 81.6 Å². The molecule has 13 heavy (non-hydrogen) atoms. The van der Waals surface area contributed by atoms with Crippen LogP contribution < -0.4 is 0 Å². The Morgan fingerprint density at radius 1 is 1.62 bits per heavy atom. The summed E-state index contributed by atoms with van der Waals surface area (Å²) in [5.74, 6) is -0.802. The maximum atomic E-state index is 10.4. The van der Waals surface area contributed by atoms with E-state index in [1.807, 2.05) is 6.07 Å². The smallest absolute Gasteiger partial charge is 0.308 e. The summed E-state index contributed by atoms with van der Waals surface area (Å²) < 4.78 is 4.22. The number of hydrogen-bond acceptors (Lipinski definition) is 3. The Balaban J connectivity index is 2.81. The fourth-order valence-electron chi connectivity index (χ4n) is 0.899. The Kier molecular flexibility index (Phi) is 2.71. The van der Waals surface area contributed by atoms with E-state index < -0.39 is 5.97 Å². The molecule has 4 heteroatoms. The molecule has 1 rings (SSSR count). The highest BCUT2D eigenvalue weighted by atomic mass is 32.1. The van der Waals surface area contributed by atoms with Gasteiger partial charge in [0, 0.05) is 10.3 Å². The topological polar surface area (TPSA) is 50.2 Å². The average Bonchev–Trinajstić information content (AvgIpc) is 2.32. The second kappa shape index (κ2) is 3.46. The van der Waals surface area contributed by atoms with Gasteiger partial charge in [0.05, 0.1) is 12.1 Å².